The van der Waals surface area contributed by atoms with E-state index in [-0.39, 0.29) is 5.91 Å². The molecule has 1 N–H and O–H groups in total. The number of hydrogen-bond donors (Lipinski definition) is 1. The van der Waals surface area contributed by atoms with Crippen LogP contribution in [0.15, 0.2) is 35.8 Å². The quantitative estimate of drug-likeness (QED) is 0.581. The number of methoxy groups -OCH3 is 2. The molecule has 4 aromatic rings. The van der Waals surface area contributed by atoms with Crippen LogP contribution in [0.5, 0.6) is 11.5 Å². The van der Waals surface area contributed by atoms with Crippen molar-refractivity contribution in [3.63, 3.8) is 0 Å². The van der Waals surface area contributed by atoms with Crippen molar-refractivity contribution >= 4 is 43.9 Å². The molecule has 0 radical (unpaired) electrons. The summed E-state index contributed by atoms with van der Waals surface area (Å²) in [6, 6.07) is 7.48. The van der Waals surface area contributed by atoms with Crippen molar-refractivity contribution < 1.29 is 14.3 Å². The molecule has 3 heterocycles. The third-order valence-corrected chi connectivity index (χ3v) is 5.66. The normalized spacial score (nSPS) is 11.1. The van der Waals surface area contributed by atoms with Crippen LogP contribution in [0.3, 0.4) is 0 Å². The van der Waals surface area contributed by atoms with Gasteiger partial charge in [0.1, 0.15) is 4.83 Å². The first-order valence-electron chi connectivity index (χ1n) is 7.54. The van der Waals surface area contributed by atoms with Crippen molar-refractivity contribution in [1.82, 2.24) is 14.7 Å². The second kappa shape index (κ2) is 6.38. The van der Waals surface area contributed by atoms with E-state index in [9.17, 15) is 4.79 Å². The van der Waals surface area contributed by atoms with E-state index in [1.807, 2.05) is 40.2 Å². The van der Waals surface area contributed by atoms with Crippen LogP contribution in [0.1, 0.15) is 15.2 Å². The van der Waals surface area contributed by atoms with Crippen molar-refractivity contribution in [3.05, 3.63) is 46.3 Å². The fraction of sp³-hybridized carbons (Fsp3) is 0.176. The maximum Gasteiger partial charge on any atom is 0.261 e. The molecule has 4 rings (SSSR count). The Morgan fingerprint density at radius 1 is 1.32 bits per heavy atom. The van der Waals surface area contributed by atoms with Gasteiger partial charge in [0.2, 0.25) is 0 Å². The molecule has 3 aromatic heterocycles. The van der Waals surface area contributed by atoms with Gasteiger partial charge in [0.15, 0.2) is 16.5 Å². The first kappa shape index (κ1) is 15.9. The lowest BCUT2D eigenvalue weighted by molar-refractivity contribution is 0.0954. The lowest BCUT2D eigenvalue weighted by Crippen LogP contribution is -2.22. The number of para-hydroxylation sites is 1. The minimum atomic E-state index is -0.128. The summed E-state index contributed by atoms with van der Waals surface area (Å²) in [5.74, 6) is 1.15. The van der Waals surface area contributed by atoms with Crippen LogP contribution in [-0.4, -0.2) is 29.5 Å². The van der Waals surface area contributed by atoms with Crippen molar-refractivity contribution in [2.24, 2.45) is 0 Å². The number of thiophene rings is 1. The number of thiazole rings is 1. The number of nitrogens with one attached hydrogen (secondary N) is 1. The maximum atomic E-state index is 12.5. The molecule has 1 amide bonds. The number of aromatic nitrogens is 2. The summed E-state index contributed by atoms with van der Waals surface area (Å²) in [5, 5.41) is 4.92. The zero-order valence-corrected chi connectivity index (χ0v) is 15.2. The van der Waals surface area contributed by atoms with Crippen LogP contribution in [-0.2, 0) is 6.54 Å². The van der Waals surface area contributed by atoms with Gasteiger partial charge in [-0.1, -0.05) is 12.1 Å². The molecule has 0 saturated carbocycles. The van der Waals surface area contributed by atoms with Gasteiger partial charge in [0, 0.05) is 23.7 Å². The molecule has 0 bridgehead atoms. The number of imidazole rings is 1. The highest BCUT2D eigenvalue weighted by Gasteiger charge is 2.16. The molecule has 1 aromatic carbocycles. The van der Waals surface area contributed by atoms with Gasteiger partial charge >= 0.3 is 0 Å². The van der Waals surface area contributed by atoms with Crippen LogP contribution in [0.25, 0.3) is 15.3 Å². The molecule has 0 spiro atoms. The number of amides is 1. The standard InChI is InChI=1S/C17H15N3O3S2/c1-22-12-5-3-4-10(14(12)23-2)9-18-15(21)13-8-11-16(25-13)19-17-20(11)6-7-24-17/h3-8H,9H2,1-2H3,(H,18,21). The Hall–Kier alpha value is -2.58. The average Bonchev–Trinajstić information content (AvgIpc) is 3.31. The molecule has 25 heavy (non-hydrogen) atoms. The van der Waals surface area contributed by atoms with Gasteiger partial charge in [0.25, 0.3) is 5.91 Å². The van der Waals surface area contributed by atoms with E-state index in [0.717, 1.165) is 20.9 Å². The average molecular weight is 373 g/mol. The van der Waals surface area contributed by atoms with E-state index in [0.29, 0.717) is 22.9 Å². The lowest BCUT2D eigenvalue weighted by Gasteiger charge is -2.12. The number of benzene rings is 1. The molecule has 0 atom stereocenters. The Labute approximate surface area is 151 Å². The van der Waals surface area contributed by atoms with Gasteiger partial charge in [0.05, 0.1) is 24.6 Å². The number of rotatable bonds is 5. The maximum absolute atomic E-state index is 12.5. The largest absolute Gasteiger partial charge is 0.493 e. The molecule has 128 valence electrons. The van der Waals surface area contributed by atoms with E-state index in [1.54, 1.807) is 25.6 Å². The highest BCUT2D eigenvalue weighted by molar-refractivity contribution is 7.21. The molecule has 0 aliphatic rings. The second-order valence-electron chi connectivity index (χ2n) is 5.30. The summed E-state index contributed by atoms with van der Waals surface area (Å²) >= 11 is 2.97. The van der Waals surface area contributed by atoms with Crippen LogP contribution in [0.2, 0.25) is 0 Å². The number of fused-ring (bicyclic) bond motifs is 3. The van der Waals surface area contributed by atoms with E-state index in [2.05, 4.69) is 10.3 Å². The summed E-state index contributed by atoms with van der Waals surface area (Å²) in [7, 11) is 3.18. The first-order valence-corrected chi connectivity index (χ1v) is 9.24. The van der Waals surface area contributed by atoms with Gasteiger partial charge in [-0.05, 0) is 12.1 Å². The van der Waals surface area contributed by atoms with Crippen LogP contribution in [0, 0.1) is 0 Å². The number of hydrogen-bond acceptors (Lipinski definition) is 6. The second-order valence-corrected chi connectivity index (χ2v) is 7.21. The fourth-order valence-corrected chi connectivity index (χ4v) is 4.43. The van der Waals surface area contributed by atoms with Gasteiger partial charge in [-0.2, -0.15) is 0 Å². The van der Waals surface area contributed by atoms with E-state index < -0.39 is 0 Å². The van der Waals surface area contributed by atoms with Crippen molar-refractivity contribution in [2.75, 3.05) is 14.2 Å². The van der Waals surface area contributed by atoms with Crippen LogP contribution in [0.4, 0.5) is 0 Å². The zero-order valence-electron chi connectivity index (χ0n) is 13.6. The predicted octanol–water partition coefficient (Wildman–Crippen LogP) is 3.56. The third kappa shape index (κ3) is 2.73. The van der Waals surface area contributed by atoms with Crippen molar-refractivity contribution in [2.45, 2.75) is 6.54 Å². The molecule has 0 fully saturated rings. The van der Waals surface area contributed by atoms with Gasteiger partial charge in [-0.3, -0.25) is 9.20 Å². The Morgan fingerprint density at radius 3 is 3.00 bits per heavy atom. The summed E-state index contributed by atoms with van der Waals surface area (Å²) in [6.07, 6.45) is 1.96. The monoisotopic (exact) mass is 373 g/mol. The molecule has 0 unspecified atom stereocenters. The predicted molar refractivity (Wildman–Crippen MR) is 99.2 cm³/mol. The Balaban J connectivity index is 1.55. The SMILES string of the molecule is COc1cccc(CNC(=O)c2cc3c(nc4sccn43)s2)c1OC. The molecule has 8 heteroatoms. The minimum absolute atomic E-state index is 0.128. The summed E-state index contributed by atoms with van der Waals surface area (Å²) in [4.78, 5) is 19.5. The fourth-order valence-electron chi connectivity index (χ4n) is 2.72. The van der Waals surface area contributed by atoms with E-state index in [4.69, 9.17) is 9.47 Å². The highest BCUT2D eigenvalue weighted by Crippen LogP contribution is 2.31. The van der Waals surface area contributed by atoms with Gasteiger partial charge in [-0.25, -0.2) is 4.98 Å². The number of ether oxygens (including phenoxy) is 2. The Morgan fingerprint density at radius 2 is 2.20 bits per heavy atom. The van der Waals surface area contributed by atoms with Gasteiger partial charge in [-0.15, -0.1) is 22.7 Å². The van der Waals surface area contributed by atoms with E-state index >= 15 is 0 Å². The molecular formula is C17H15N3O3S2. The molecule has 6 nitrogen and oxygen atoms in total. The number of nitrogens with zero attached hydrogens (tertiary/aromatic N) is 2. The van der Waals surface area contributed by atoms with E-state index in [1.165, 1.54) is 11.3 Å². The molecular weight excluding hydrogens is 358 g/mol. The number of carbonyl (C=O) groups excluding carboxylic acids is 1. The van der Waals surface area contributed by atoms with Crippen molar-refractivity contribution in [1.29, 1.82) is 0 Å². The highest BCUT2D eigenvalue weighted by atomic mass is 32.1. The third-order valence-electron chi connectivity index (χ3n) is 3.89. The summed E-state index contributed by atoms with van der Waals surface area (Å²) < 4.78 is 12.7. The minimum Gasteiger partial charge on any atom is -0.493 e. The first-order chi connectivity index (χ1) is 12.2. The summed E-state index contributed by atoms with van der Waals surface area (Å²) in [5.41, 5.74) is 1.82. The Kier molecular flexibility index (Phi) is 4.06. The van der Waals surface area contributed by atoms with Crippen molar-refractivity contribution in [3.8, 4) is 11.5 Å². The molecule has 0 aliphatic heterocycles. The van der Waals surface area contributed by atoms with Crippen LogP contribution >= 0.6 is 22.7 Å². The topological polar surface area (TPSA) is 64.9 Å². The zero-order chi connectivity index (χ0) is 17.4. The summed E-state index contributed by atoms with van der Waals surface area (Å²) in [6.45, 7) is 0.357. The molecule has 0 saturated heterocycles. The lowest BCUT2D eigenvalue weighted by atomic mass is 10.2. The van der Waals surface area contributed by atoms with Gasteiger partial charge < -0.3 is 14.8 Å². The Bertz CT molecular complexity index is 1060. The smallest absolute Gasteiger partial charge is 0.261 e. The van der Waals surface area contributed by atoms with Crippen LogP contribution < -0.4 is 14.8 Å². The number of carbonyl (C=O) groups is 1. The molecule has 0 aliphatic carbocycles.